The van der Waals surface area contributed by atoms with Gasteiger partial charge < -0.3 is 5.32 Å². The van der Waals surface area contributed by atoms with Crippen LogP contribution < -0.4 is 5.32 Å². The Labute approximate surface area is 146 Å². The van der Waals surface area contributed by atoms with Crippen LogP contribution in [0.2, 0.25) is 0 Å². The zero-order valence-corrected chi connectivity index (χ0v) is 14.9. The van der Waals surface area contributed by atoms with Crippen molar-refractivity contribution in [2.75, 3.05) is 0 Å². The van der Waals surface area contributed by atoms with Gasteiger partial charge in [0, 0.05) is 28.2 Å². The Hall–Kier alpha value is -2.45. The Morgan fingerprint density at radius 3 is 2.42 bits per heavy atom. The van der Waals surface area contributed by atoms with Gasteiger partial charge in [-0.3, -0.25) is 9.59 Å². The van der Waals surface area contributed by atoms with Gasteiger partial charge in [-0.1, -0.05) is 12.1 Å². The number of benzene rings is 1. The molecule has 1 N–H and O–H groups in total. The molecule has 124 valence electrons. The van der Waals surface area contributed by atoms with Crippen molar-refractivity contribution in [1.29, 1.82) is 5.26 Å². The van der Waals surface area contributed by atoms with E-state index in [9.17, 15) is 9.59 Å². The summed E-state index contributed by atoms with van der Waals surface area (Å²) >= 11 is 1.60. The molecule has 5 heteroatoms. The van der Waals surface area contributed by atoms with E-state index in [1.54, 1.807) is 23.5 Å². The second-order valence-electron chi connectivity index (χ2n) is 5.77. The molecule has 0 spiro atoms. The maximum atomic E-state index is 12.2. The van der Waals surface area contributed by atoms with Crippen molar-refractivity contribution in [3.63, 3.8) is 0 Å². The molecule has 0 saturated heterocycles. The van der Waals surface area contributed by atoms with Crippen LogP contribution in [0.15, 0.2) is 30.3 Å². The number of hydrogen-bond acceptors (Lipinski definition) is 4. The largest absolute Gasteiger partial charge is 0.350 e. The summed E-state index contributed by atoms with van der Waals surface area (Å²) in [7, 11) is 0. The van der Waals surface area contributed by atoms with E-state index in [2.05, 4.69) is 11.4 Å². The molecule has 0 aliphatic rings. The van der Waals surface area contributed by atoms with Crippen LogP contribution in [0.25, 0.3) is 0 Å². The Bertz CT molecular complexity index is 785. The van der Waals surface area contributed by atoms with Gasteiger partial charge in [0.2, 0.25) is 5.91 Å². The van der Waals surface area contributed by atoms with Crippen LogP contribution in [0.4, 0.5) is 0 Å². The van der Waals surface area contributed by atoms with Crippen molar-refractivity contribution >= 4 is 23.0 Å². The van der Waals surface area contributed by atoms with Crippen molar-refractivity contribution in [1.82, 2.24) is 5.32 Å². The van der Waals surface area contributed by atoms with Gasteiger partial charge >= 0.3 is 0 Å². The molecular weight excluding hydrogens is 320 g/mol. The number of aryl methyl sites for hydroxylation is 2. The normalized spacial score (nSPS) is 11.6. The van der Waals surface area contributed by atoms with Gasteiger partial charge in [-0.05, 0) is 44.5 Å². The Kier molecular flexibility index (Phi) is 5.88. The summed E-state index contributed by atoms with van der Waals surface area (Å²) in [4.78, 5) is 26.4. The maximum absolute atomic E-state index is 12.2. The second-order valence-corrected chi connectivity index (χ2v) is 7.23. The topological polar surface area (TPSA) is 70.0 Å². The first kappa shape index (κ1) is 17.9. The molecule has 24 heavy (non-hydrogen) atoms. The maximum Gasteiger partial charge on any atom is 0.220 e. The summed E-state index contributed by atoms with van der Waals surface area (Å²) in [5.41, 5.74) is 2.24. The summed E-state index contributed by atoms with van der Waals surface area (Å²) < 4.78 is 0. The zero-order chi connectivity index (χ0) is 17.7. The van der Waals surface area contributed by atoms with Crippen molar-refractivity contribution in [2.45, 2.75) is 39.7 Å². The molecular formula is C19H20N2O2S. The number of rotatable bonds is 6. The second kappa shape index (κ2) is 7.89. The molecule has 1 aromatic carbocycles. The molecule has 0 fully saturated rings. The fraction of sp³-hybridized carbons (Fsp3) is 0.316. The van der Waals surface area contributed by atoms with Crippen LogP contribution in [-0.2, 0) is 4.79 Å². The van der Waals surface area contributed by atoms with Gasteiger partial charge in [-0.25, -0.2) is 0 Å². The van der Waals surface area contributed by atoms with Gasteiger partial charge in [0.05, 0.1) is 17.7 Å². The number of amides is 1. The van der Waals surface area contributed by atoms with Crippen molar-refractivity contribution < 1.29 is 9.59 Å². The van der Waals surface area contributed by atoms with Crippen LogP contribution in [0.3, 0.4) is 0 Å². The highest BCUT2D eigenvalue weighted by molar-refractivity contribution is 7.12. The predicted octanol–water partition coefficient (Wildman–Crippen LogP) is 4.08. The highest BCUT2D eigenvalue weighted by atomic mass is 32.1. The number of Topliss-reactive ketones (excluding diaryl/α,β-unsaturated/α-hetero) is 1. The molecule has 0 radical (unpaired) electrons. The first-order valence-corrected chi connectivity index (χ1v) is 8.62. The summed E-state index contributed by atoms with van der Waals surface area (Å²) in [6.07, 6.45) is 0.386. The van der Waals surface area contributed by atoms with Crippen LogP contribution in [0.1, 0.15) is 57.0 Å². The lowest BCUT2D eigenvalue weighted by molar-refractivity contribution is -0.121. The van der Waals surface area contributed by atoms with E-state index >= 15 is 0 Å². The number of ketones is 1. The fourth-order valence-corrected chi connectivity index (χ4v) is 3.46. The van der Waals surface area contributed by atoms with E-state index in [0.717, 1.165) is 20.9 Å². The Morgan fingerprint density at radius 1 is 1.21 bits per heavy atom. The number of carbonyl (C=O) groups excluding carboxylic acids is 2. The number of nitrogens with one attached hydrogen (secondary N) is 1. The van der Waals surface area contributed by atoms with E-state index in [-0.39, 0.29) is 30.6 Å². The summed E-state index contributed by atoms with van der Waals surface area (Å²) in [6, 6.07) is 10.9. The first-order chi connectivity index (χ1) is 11.4. The van der Waals surface area contributed by atoms with Gasteiger partial charge in [0.25, 0.3) is 0 Å². The van der Waals surface area contributed by atoms with E-state index < -0.39 is 0 Å². The minimum absolute atomic E-state index is 0.0121. The molecule has 2 aromatic rings. The molecule has 1 heterocycles. The highest BCUT2D eigenvalue weighted by Gasteiger charge is 2.15. The quantitative estimate of drug-likeness (QED) is 0.806. The molecule has 0 aliphatic carbocycles. The average molecular weight is 340 g/mol. The van der Waals surface area contributed by atoms with Gasteiger partial charge in [-0.15, -0.1) is 11.3 Å². The van der Waals surface area contributed by atoms with Crippen LogP contribution in [0, 0.1) is 25.2 Å². The summed E-state index contributed by atoms with van der Waals surface area (Å²) in [6.45, 7) is 5.78. The van der Waals surface area contributed by atoms with E-state index in [1.165, 1.54) is 0 Å². The van der Waals surface area contributed by atoms with Crippen LogP contribution in [-0.4, -0.2) is 11.7 Å². The predicted molar refractivity (Wildman–Crippen MR) is 95.1 cm³/mol. The molecule has 1 aromatic heterocycles. The highest BCUT2D eigenvalue weighted by Crippen LogP contribution is 2.22. The van der Waals surface area contributed by atoms with Crippen LogP contribution in [0.5, 0.6) is 0 Å². The smallest absolute Gasteiger partial charge is 0.220 e. The number of nitrogens with zero attached hydrogens (tertiary/aromatic N) is 1. The monoisotopic (exact) mass is 340 g/mol. The minimum Gasteiger partial charge on any atom is -0.350 e. The van der Waals surface area contributed by atoms with Gasteiger partial charge in [0.1, 0.15) is 0 Å². The van der Waals surface area contributed by atoms with E-state index in [1.807, 2.05) is 39.0 Å². The Balaban J connectivity index is 1.87. The molecule has 1 amide bonds. The molecule has 4 nitrogen and oxygen atoms in total. The first-order valence-electron chi connectivity index (χ1n) is 7.80. The number of hydrogen-bond donors (Lipinski definition) is 1. The third-order valence-corrected chi connectivity index (χ3v) is 4.80. The average Bonchev–Trinajstić information content (AvgIpc) is 2.91. The van der Waals surface area contributed by atoms with Gasteiger partial charge in [-0.2, -0.15) is 5.26 Å². The molecule has 0 aliphatic heterocycles. The lowest BCUT2D eigenvalue weighted by Gasteiger charge is -2.14. The fourth-order valence-electron chi connectivity index (χ4n) is 2.51. The molecule has 1 unspecified atom stereocenters. The molecule has 0 saturated carbocycles. The number of carbonyl (C=O) groups is 2. The molecule has 2 rings (SSSR count). The van der Waals surface area contributed by atoms with Crippen LogP contribution >= 0.6 is 11.3 Å². The third-order valence-electron chi connectivity index (χ3n) is 3.84. The van der Waals surface area contributed by atoms with E-state index in [0.29, 0.717) is 5.56 Å². The molecule has 1 atom stereocenters. The number of thiophene rings is 1. The van der Waals surface area contributed by atoms with Crippen molar-refractivity contribution in [3.8, 4) is 6.07 Å². The summed E-state index contributed by atoms with van der Waals surface area (Å²) in [5.74, 6) is -0.136. The summed E-state index contributed by atoms with van der Waals surface area (Å²) in [5, 5.41) is 11.7. The zero-order valence-electron chi connectivity index (χ0n) is 14.1. The van der Waals surface area contributed by atoms with Crippen molar-refractivity contribution in [2.24, 2.45) is 0 Å². The molecule has 0 bridgehead atoms. The standard InChI is InChI=1S/C19H20N2O2S/c1-12-10-17(14(3)24-12)18(22)8-9-19(23)21-13(2)16-6-4-15(11-20)5-7-16/h4-7,10,13H,8-9H2,1-3H3,(H,21,23). The lowest BCUT2D eigenvalue weighted by atomic mass is 10.0. The van der Waals surface area contributed by atoms with E-state index in [4.69, 9.17) is 5.26 Å². The Morgan fingerprint density at radius 2 is 1.88 bits per heavy atom. The lowest BCUT2D eigenvalue weighted by Crippen LogP contribution is -2.27. The van der Waals surface area contributed by atoms with Gasteiger partial charge in [0.15, 0.2) is 5.78 Å². The van der Waals surface area contributed by atoms with Crippen molar-refractivity contribution in [3.05, 3.63) is 56.8 Å². The minimum atomic E-state index is -0.162. The number of nitriles is 1. The third kappa shape index (κ3) is 4.53. The SMILES string of the molecule is Cc1cc(C(=O)CCC(=O)NC(C)c2ccc(C#N)cc2)c(C)s1.